The van der Waals surface area contributed by atoms with E-state index in [2.05, 4.69) is 25.7 Å². The molecule has 2 N–H and O–H groups in total. The molecule has 2 aromatic rings. The number of carbonyl (C=O) groups excluding carboxylic acids is 2. The van der Waals surface area contributed by atoms with Crippen LogP contribution in [-0.2, 0) is 9.59 Å². The fourth-order valence-electron chi connectivity index (χ4n) is 3.27. The Morgan fingerprint density at radius 2 is 2.13 bits per heavy atom. The van der Waals surface area contributed by atoms with E-state index in [4.69, 9.17) is 11.6 Å². The zero-order valence-electron chi connectivity index (χ0n) is 17.2. The van der Waals surface area contributed by atoms with Gasteiger partial charge in [-0.15, -0.1) is 10.2 Å². The van der Waals surface area contributed by atoms with Crippen molar-refractivity contribution in [2.45, 2.75) is 31.2 Å². The van der Waals surface area contributed by atoms with Gasteiger partial charge in [0, 0.05) is 19.6 Å². The second-order valence-electron chi connectivity index (χ2n) is 7.27. The molecule has 1 aromatic heterocycles. The molecule has 1 atom stereocenters. The molecule has 166 valence electrons. The SMILES string of the molecule is CCCNC(=O)[C@@H]1CCCN(c2ccc(SCC(=O)Nc3ccc(F)cc3Cl)nn2)C1. The lowest BCUT2D eigenvalue weighted by Gasteiger charge is -2.32. The molecule has 0 unspecified atom stereocenters. The Bertz CT molecular complexity index is 915. The molecule has 7 nitrogen and oxygen atoms in total. The summed E-state index contributed by atoms with van der Waals surface area (Å²) in [6.45, 7) is 4.18. The van der Waals surface area contributed by atoms with E-state index in [0.717, 1.165) is 37.7 Å². The molecule has 31 heavy (non-hydrogen) atoms. The molecule has 1 aromatic carbocycles. The third-order valence-corrected chi connectivity index (χ3v) is 6.08. The number of benzene rings is 1. The van der Waals surface area contributed by atoms with E-state index >= 15 is 0 Å². The number of hydrogen-bond donors (Lipinski definition) is 2. The van der Waals surface area contributed by atoms with Crippen LogP contribution in [-0.4, -0.2) is 47.4 Å². The quantitative estimate of drug-likeness (QED) is 0.577. The molecule has 2 amide bonds. The molecule has 2 heterocycles. The smallest absolute Gasteiger partial charge is 0.234 e. The van der Waals surface area contributed by atoms with E-state index in [0.29, 0.717) is 23.8 Å². The second kappa shape index (κ2) is 11.3. The fraction of sp³-hybridized carbons (Fsp3) is 0.429. The van der Waals surface area contributed by atoms with Crippen LogP contribution in [0.3, 0.4) is 0 Å². The lowest BCUT2D eigenvalue weighted by molar-refractivity contribution is -0.125. The molecule has 1 aliphatic rings. The molecule has 0 spiro atoms. The molecular weight excluding hydrogens is 441 g/mol. The number of rotatable bonds is 8. The summed E-state index contributed by atoms with van der Waals surface area (Å²) in [4.78, 5) is 26.5. The number of nitrogens with zero attached hydrogens (tertiary/aromatic N) is 3. The van der Waals surface area contributed by atoms with Gasteiger partial charge in [0.1, 0.15) is 10.8 Å². The highest BCUT2D eigenvalue weighted by Crippen LogP contribution is 2.25. The van der Waals surface area contributed by atoms with Crippen LogP contribution in [0.15, 0.2) is 35.4 Å². The van der Waals surface area contributed by atoms with Crippen molar-refractivity contribution in [3.05, 3.63) is 41.2 Å². The van der Waals surface area contributed by atoms with Gasteiger partial charge in [0.25, 0.3) is 0 Å². The number of carbonyl (C=O) groups is 2. The Labute approximate surface area is 190 Å². The zero-order chi connectivity index (χ0) is 22.2. The van der Waals surface area contributed by atoms with Crippen LogP contribution in [0.1, 0.15) is 26.2 Å². The summed E-state index contributed by atoms with van der Waals surface area (Å²) in [5, 5.41) is 14.8. The maximum atomic E-state index is 13.1. The van der Waals surface area contributed by atoms with Crippen LogP contribution in [0.25, 0.3) is 0 Å². The molecular formula is C21H25ClFN5O2S. The summed E-state index contributed by atoms with van der Waals surface area (Å²) in [5.41, 5.74) is 0.359. The Morgan fingerprint density at radius 3 is 2.84 bits per heavy atom. The van der Waals surface area contributed by atoms with Gasteiger partial charge in [-0.1, -0.05) is 30.3 Å². The molecule has 1 aliphatic heterocycles. The summed E-state index contributed by atoms with van der Waals surface area (Å²) in [5.74, 6) is 0.151. The number of hydrogen-bond acceptors (Lipinski definition) is 6. The largest absolute Gasteiger partial charge is 0.356 e. The van der Waals surface area contributed by atoms with Crippen LogP contribution in [0.2, 0.25) is 5.02 Å². The topological polar surface area (TPSA) is 87.2 Å². The summed E-state index contributed by atoms with van der Waals surface area (Å²) >= 11 is 7.16. The van der Waals surface area contributed by atoms with E-state index in [9.17, 15) is 14.0 Å². The number of piperidine rings is 1. The first-order valence-corrected chi connectivity index (χ1v) is 11.6. The predicted octanol–water partition coefficient (Wildman–Crippen LogP) is 3.74. The van der Waals surface area contributed by atoms with E-state index in [1.54, 1.807) is 0 Å². The number of halogens is 2. The van der Waals surface area contributed by atoms with Crippen LogP contribution in [0, 0.1) is 11.7 Å². The zero-order valence-corrected chi connectivity index (χ0v) is 18.8. The van der Waals surface area contributed by atoms with Gasteiger partial charge in [-0.05, 0) is 49.6 Å². The summed E-state index contributed by atoms with van der Waals surface area (Å²) in [6.07, 6.45) is 2.72. The minimum atomic E-state index is -0.464. The van der Waals surface area contributed by atoms with Crippen molar-refractivity contribution in [1.82, 2.24) is 15.5 Å². The van der Waals surface area contributed by atoms with Crippen LogP contribution in [0.5, 0.6) is 0 Å². The van der Waals surface area contributed by atoms with Gasteiger partial charge in [-0.3, -0.25) is 9.59 Å². The first kappa shape index (κ1) is 23.3. The number of nitrogens with one attached hydrogen (secondary N) is 2. The standard InChI is InChI=1S/C21H25ClFN5O2S/c1-2-9-24-21(30)14-4-3-10-28(12-14)18-7-8-20(27-26-18)31-13-19(29)25-17-6-5-15(23)11-16(17)22/h5-8,11,14H,2-4,9-10,12-13H2,1H3,(H,24,30)(H,25,29)/t14-/m1/s1. The van der Waals surface area contributed by atoms with Crippen LogP contribution >= 0.6 is 23.4 Å². The van der Waals surface area contributed by atoms with Crippen LogP contribution < -0.4 is 15.5 Å². The predicted molar refractivity (Wildman–Crippen MR) is 121 cm³/mol. The maximum Gasteiger partial charge on any atom is 0.234 e. The van der Waals surface area contributed by atoms with Gasteiger partial charge in [0.05, 0.1) is 22.4 Å². The van der Waals surface area contributed by atoms with Crippen molar-refractivity contribution in [3.63, 3.8) is 0 Å². The van der Waals surface area contributed by atoms with E-state index in [1.165, 1.54) is 23.9 Å². The van der Waals surface area contributed by atoms with Gasteiger partial charge in [-0.2, -0.15) is 0 Å². The Balaban J connectivity index is 1.50. The highest BCUT2D eigenvalue weighted by Gasteiger charge is 2.26. The normalized spacial score (nSPS) is 16.1. The molecule has 1 fully saturated rings. The molecule has 10 heteroatoms. The average molecular weight is 466 g/mol. The highest BCUT2D eigenvalue weighted by atomic mass is 35.5. The Hall–Kier alpha value is -2.39. The van der Waals surface area contributed by atoms with Crippen molar-refractivity contribution in [2.24, 2.45) is 5.92 Å². The minimum Gasteiger partial charge on any atom is -0.356 e. The number of amides is 2. The maximum absolute atomic E-state index is 13.1. The van der Waals surface area contributed by atoms with E-state index < -0.39 is 5.82 Å². The molecule has 0 radical (unpaired) electrons. The molecule has 0 bridgehead atoms. The molecule has 0 saturated carbocycles. The summed E-state index contributed by atoms with van der Waals surface area (Å²) in [7, 11) is 0. The van der Waals surface area contributed by atoms with Gasteiger partial charge in [0.15, 0.2) is 5.82 Å². The monoisotopic (exact) mass is 465 g/mol. The lowest BCUT2D eigenvalue weighted by Crippen LogP contribution is -2.43. The molecule has 0 aliphatic carbocycles. The van der Waals surface area contributed by atoms with Gasteiger partial charge < -0.3 is 15.5 Å². The third-order valence-electron chi connectivity index (χ3n) is 4.85. The number of aromatic nitrogens is 2. The van der Waals surface area contributed by atoms with E-state index in [-0.39, 0.29) is 28.5 Å². The van der Waals surface area contributed by atoms with Crippen molar-refractivity contribution < 1.29 is 14.0 Å². The van der Waals surface area contributed by atoms with Crippen molar-refractivity contribution in [3.8, 4) is 0 Å². The Kier molecular flexibility index (Phi) is 8.48. The lowest BCUT2D eigenvalue weighted by atomic mass is 9.97. The van der Waals surface area contributed by atoms with Gasteiger partial charge in [-0.25, -0.2) is 4.39 Å². The average Bonchev–Trinajstić information content (AvgIpc) is 2.78. The van der Waals surface area contributed by atoms with Crippen molar-refractivity contribution in [1.29, 1.82) is 0 Å². The van der Waals surface area contributed by atoms with Crippen molar-refractivity contribution >= 4 is 46.7 Å². The van der Waals surface area contributed by atoms with Crippen LogP contribution in [0.4, 0.5) is 15.9 Å². The molecule has 3 rings (SSSR count). The van der Waals surface area contributed by atoms with Crippen molar-refractivity contribution in [2.75, 3.05) is 35.6 Å². The fourth-order valence-corrected chi connectivity index (χ4v) is 4.10. The third kappa shape index (κ3) is 6.80. The summed E-state index contributed by atoms with van der Waals surface area (Å²) < 4.78 is 13.1. The molecule has 1 saturated heterocycles. The number of thioether (sulfide) groups is 1. The summed E-state index contributed by atoms with van der Waals surface area (Å²) in [6, 6.07) is 7.47. The van der Waals surface area contributed by atoms with E-state index in [1.807, 2.05) is 19.1 Å². The first-order valence-electron chi connectivity index (χ1n) is 10.2. The highest BCUT2D eigenvalue weighted by molar-refractivity contribution is 7.99. The minimum absolute atomic E-state index is 0.0434. The van der Waals surface area contributed by atoms with Gasteiger partial charge in [0.2, 0.25) is 11.8 Å². The van der Waals surface area contributed by atoms with Gasteiger partial charge >= 0.3 is 0 Å². The first-order chi connectivity index (χ1) is 15.0. The second-order valence-corrected chi connectivity index (χ2v) is 8.67. The Morgan fingerprint density at radius 1 is 1.29 bits per heavy atom. The number of anilines is 2.